The first kappa shape index (κ1) is 11.9. The van der Waals surface area contributed by atoms with Crippen LogP contribution in [0.1, 0.15) is 32.1 Å². The maximum absolute atomic E-state index is 5.39. The molecular formula is C14H28N2O+2. The smallest absolute Gasteiger partial charge is 0.101 e. The van der Waals surface area contributed by atoms with Crippen LogP contribution in [0.3, 0.4) is 0 Å². The summed E-state index contributed by atoms with van der Waals surface area (Å²) in [4.78, 5) is 1.76. The second-order valence-corrected chi connectivity index (χ2v) is 6.33. The van der Waals surface area contributed by atoms with Gasteiger partial charge in [0, 0.05) is 18.8 Å². The molecule has 3 rings (SSSR count). The molecule has 2 aliphatic carbocycles. The van der Waals surface area contributed by atoms with Gasteiger partial charge in [-0.1, -0.05) is 0 Å². The van der Waals surface area contributed by atoms with Gasteiger partial charge < -0.3 is 15.0 Å². The van der Waals surface area contributed by atoms with Crippen LogP contribution in [-0.4, -0.2) is 45.4 Å². The topological polar surface area (TPSA) is 30.3 Å². The highest BCUT2D eigenvalue weighted by molar-refractivity contribution is 4.89. The van der Waals surface area contributed by atoms with Crippen molar-refractivity contribution < 1.29 is 15.0 Å². The van der Waals surface area contributed by atoms with E-state index in [1.807, 2.05) is 0 Å². The molecule has 1 saturated heterocycles. The number of fused-ring (bicyclic) bond motifs is 2. The zero-order chi connectivity index (χ0) is 11.5. The molecule has 0 unspecified atom stereocenters. The first-order valence-corrected chi connectivity index (χ1v) is 7.66. The fraction of sp³-hybridized carbons (Fsp3) is 1.00. The number of morpholine rings is 1. The monoisotopic (exact) mass is 240 g/mol. The van der Waals surface area contributed by atoms with E-state index in [0.29, 0.717) is 0 Å². The molecule has 98 valence electrons. The van der Waals surface area contributed by atoms with Gasteiger partial charge in [0.1, 0.15) is 13.1 Å². The second-order valence-electron chi connectivity index (χ2n) is 6.33. The summed E-state index contributed by atoms with van der Waals surface area (Å²) in [6.07, 6.45) is 7.53. The van der Waals surface area contributed by atoms with E-state index >= 15 is 0 Å². The molecule has 1 aliphatic heterocycles. The minimum Gasteiger partial charge on any atom is -0.370 e. The molecule has 2 bridgehead atoms. The van der Waals surface area contributed by atoms with Crippen molar-refractivity contribution in [2.45, 2.75) is 38.1 Å². The van der Waals surface area contributed by atoms with Crippen LogP contribution >= 0.6 is 0 Å². The quantitative estimate of drug-likeness (QED) is 0.596. The van der Waals surface area contributed by atoms with Gasteiger partial charge in [-0.25, -0.2) is 0 Å². The number of rotatable bonds is 5. The van der Waals surface area contributed by atoms with Crippen LogP contribution < -0.4 is 10.2 Å². The molecule has 3 N–H and O–H groups in total. The van der Waals surface area contributed by atoms with Crippen LogP contribution in [-0.2, 0) is 4.74 Å². The van der Waals surface area contributed by atoms with Gasteiger partial charge in [-0.2, -0.15) is 0 Å². The Labute approximate surface area is 105 Å². The third kappa shape index (κ3) is 3.01. The second kappa shape index (κ2) is 5.68. The Kier molecular flexibility index (Phi) is 3.99. The highest BCUT2D eigenvalue weighted by Crippen LogP contribution is 2.42. The van der Waals surface area contributed by atoms with Crippen molar-refractivity contribution in [2.24, 2.45) is 11.8 Å². The molecule has 3 nitrogen and oxygen atoms in total. The molecule has 0 radical (unpaired) electrons. The van der Waals surface area contributed by atoms with Crippen LogP contribution in [0.4, 0.5) is 0 Å². The Hall–Kier alpha value is -0.120. The number of quaternary nitrogens is 2. The highest BCUT2D eigenvalue weighted by Gasteiger charge is 2.41. The number of nitrogens with two attached hydrogens (primary N) is 1. The van der Waals surface area contributed by atoms with E-state index in [4.69, 9.17) is 4.74 Å². The van der Waals surface area contributed by atoms with E-state index in [1.165, 1.54) is 51.9 Å². The van der Waals surface area contributed by atoms with Crippen molar-refractivity contribution >= 4 is 0 Å². The zero-order valence-corrected chi connectivity index (χ0v) is 11.0. The van der Waals surface area contributed by atoms with Gasteiger partial charge in [0.15, 0.2) is 0 Å². The Bertz CT molecular complexity index is 240. The van der Waals surface area contributed by atoms with Gasteiger partial charge in [-0.15, -0.1) is 0 Å². The van der Waals surface area contributed by atoms with Gasteiger partial charge in [-0.05, 0) is 25.2 Å². The summed E-state index contributed by atoms with van der Waals surface area (Å²) in [6, 6.07) is 0.994. The maximum Gasteiger partial charge on any atom is 0.101 e. The molecule has 3 heteroatoms. The summed E-state index contributed by atoms with van der Waals surface area (Å²) in [5, 5.41) is 2.67. The predicted octanol–water partition coefficient (Wildman–Crippen LogP) is -0.956. The van der Waals surface area contributed by atoms with Crippen LogP contribution in [0.5, 0.6) is 0 Å². The average molecular weight is 240 g/mol. The lowest BCUT2D eigenvalue weighted by Crippen LogP contribution is -3.14. The predicted molar refractivity (Wildman–Crippen MR) is 67.0 cm³/mol. The third-order valence-electron chi connectivity index (χ3n) is 5.20. The lowest BCUT2D eigenvalue weighted by molar-refractivity contribution is -0.909. The van der Waals surface area contributed by atoms with Crippen molar-refractivity contribution in [3.05, 3.63) is 0 Å². The first-order chi connectivity index (χ1) is 8.42. The molecular weight excluding hydrogens is 212 g/mol. The number of nitrogens with one attached hydrogen (secondary N) is 1. The largest absolute Gasteiger partial charge is 0.370 e. The van der Waals surface area contributed by atoms with Crippen molar-refractivity contribution in [2.75, 3.05) is 39.4 Å². The summed E-state index contributed by atoms with van der Waals surface area (Å²) in [7, 11) is 0. The van der Waals surface area contributed by atoms with Crippen molar-refractivity contribution in [1.29, 1.82) is 0 Å². The fourth-order valence-electron chi connectivity index (χ4n) is 4.18. The Morgan fingerprint density at radius 1 is 1.12 bits per heavy atom. The van der Waals surface area contributed by atoms with Crippen molar-refractivity contribution in [1.82, 2.24) is 0 Å². The average Bonchev–Trinajstić information content (AvgIpc) is 2.98. The Morgan fingerprint density at radius 3 is 2.71 bits per heavy atom. The van der Waals surface area contributed by atoms with Gasteiger partial charge in [0.05, 0.1) is 32.3 Å². The first-order valence-electron chi connectivity index (χ1n) is 7.66. The maximum atomic E-state index is 5.39. The molecule has 17 heavy (non-hydrogen) atoms. The molecule has 3 aliphatic rings. The third-order valence-corrected chi connectivity index (χ3v) is 5.20. The van der Waals surface area contributed by atoms with E-state index < -0.39 is 0 Å². The van der Waals surface area contributed by atoms with Crippen LogP contribution in [0.2, 0.25) is 0 Å². The van der Waals surface area contributed by atoms with Gasteiger partial charge in [0.2, 0.25) is 0 Å². The summed E-state index contributed by atoms with van der Waals surface area (Å²) in [5.74, 6) is 2.18. The lowest BCUT2D eigenvalue weighted by atomic mass is 9.95. The summed E-state index contributed by atoms with van der Waals surface area (Å²) < 4.78 is 5.39. The molecule has 3 atom stereocenters. The molecule has 1 heterocycles. The number of hydrogen-bond donors (Lipinski definition) is 2. The van der Waals surface area contributed by atoms with E-state index in [0.717, 1.165) is 31.1 Å². The van der Waals surface area contributed by atoms with E-state index in [-0.39, 0.29) is 0 Å². The van der Waals surface area contributed by atoms with Gasteiger partial charge >= 0.3 is 0 Å². The van der Waals surface area contributed by atoms with Crippen molar-refractivity contribution in [3.63, 3.8) is 0 Å². The molecule has 3 fully saturated rings. The molecule has 0 aromatic rings. The van der Waals surface area contributed by atoms with Crippen molar-refractivity contribution in [3.8, 4) is 0 Å². The number of ether oxygens (including phenoxy) is 1. The molecule has 0 amide bonds. The summed E-state index contributed by atoms with van der Waals surface area (Å²) >= 11 is 0. The minimum atomic E-state index is 0.978. The summed E-state index contributed by atoms with van der Waals surface area (Å²) in [5.41, 5.74) is 0. The molecule has 2 saturated carbocycles. The number of hydrogen-bond acceptors (Lipinski definition) is 1. The molecule has 0 aromatic carbocycles. The Morgan fingerprint density at radius 2 is 2.00 bits per heavy atom. The normalized spacial score (nSPS) is 37.8. The van der Waals surface area contributed by atoms with Gasteiger partial charge in [-0.3, -0.25) is 0 Å². The van der Waals surface area contributed by atoms with Crippen LogP contribution in [0, 0.1) is 11.8 Å². The van der Waals surface area contributed by atoms with E-state index in [9.17, 15) is 0 Å². The SMILES string of the molecule is C(C[NH2+][C@H]1C[C@H]2CC[C@@H]1C2)C[NH+]1CCOCC1. The van der Waals surface area contributed by atoms with E-state index in [2.05, 4.69) is 5.32 Å². The highest BCUT2D eigenvalue weighted by atomic mass is 16.5. The van der Waals surface area contributed by atoms with Gasteiger partial charge in [0.25, 0.3) is 0 Å². The Balaban J connectivity index is 1.28. The zero-order valence-electron chi connectivity index (χ0n) is 11.0. The van der Waals surface area contributed by atoms with Crippen LogP contribution in [0.15, 0.2) is 0 Å². The molecule has 0 spiro atoms. The minimum absolute atomic E-state index is 0.978. The lowest BCUT2D eigenvalue weighted by Gasteiger charge is -2.24. The fourth-order valence-corrected chi connectivity index (χ4v) is 4.18. The molecule has 0 aromatic heterocycles. The summed E-state index contributed by atoms with van der Waals surface area (Å²) in [6.45, 7) is 7.14. The van der Waals surface area contributed by atoms with E-state index in [1.54, 1.807) is 11.3 Å². The standard InChI is InChI=1S/C14H26N2O/c1(5-16-6-8-17-9-7-16)4-15-14-11-12-2-3-13(14)10-12/h12-15H,1-11H2/p+2/t12-,13+,14-/m0/s1. The van der Waals surface area contributed by atoms with Crippen LogP contribution in [0.25, 0.3) is 0 Å².